The summed E-state index contributed by atoms with van der Waals surface area (Å²) in [6.07, 6.45) is 1.50. The van der Waals surface area contributed by atoms with Crippen molar-refractivity contribution in [1.82, 2.24) is 9.88 Å². The summed E-state index contributed by atoms with van der Waals surface area (Å²) in [5, 5.41) is 3.55. The normalized spacial score (nSPS) is 14.9. The minimum atomic E-state index is -0.522. The Labute approximate surface area is 189 Å². The molecule has 1 saturated heterocycles. The number of ether oxygens (including phenoxy) is 1. The molecule has 0 bridgehead atoms. The molecule has 0 aliphatic carbocycles. The molecule has 1 aliphatic rings. The zero-order chi connectivity index (χ0) is 22.7. The number of likely N-dealkylation sites (tertiary alicyclic amines) is 1. The lowest BCUT2D eigenvalue weighted by Gasteiger charge is -2.30. The van der Waals surface area contributed by atoms with Crippen LogP contribution in [0.4, 0.5) is 5.69 Å². The second-order valence-electron chi connectivity index (χ2n) is 7.73. The smallest absolute Gasteiger partial charge is 0.350 e. The van der Waals surface area contributed by atoms with E-state index < -0.39 is 5.97 Å². The number of pyridine rings is 1. The van der Waals surface area contributed by atoms with Crippen LogP contribution >= 0.6 is 11.3 Å². The SMILES string of the molecule is COC(=O)c1sc2nc(CN3CCC(C(N)=O)CC3)ccc2c1NC(=O)c1ccccc1. The van der Waals surface area contributed by atoms with Gasteiger partial charge >= 0.3 is 5.97 Å². The van der Waals surface area contributed by atoms with Crippen LogP contribution in [0.1, 0.15) is 38.6 Å². The minimum Gasteiger partial charge on any atom is -0.465 e. The van der Waals surface area contributed by atoms with Crippen molar-refractivity contribution >= 4 is 45.0 Å². The maximum atomic E-state index is 12.7. The number of amides is 2. The van der Waals surface area contributed by atoms with Gasteiger partial charge in [-0.05, 0) is 50.2 Å². The highest BCUT2D eigenvalue weighted by Crippen LogP contribution is 2.36. The van der Waals surface area contributed by atoms with Crippen molar-refractivity contribution in [3.05, 3.63) is 58.6 Å². The van der Waals surface area contributed by atoms with Crippen molar-refractivity contribution < 1.29 is 19.1 Å². The molecule has 32 heavy (non-hydrogen) atoms. The van der Waals surface area contributed by atoms with Crippen molar-refractivity contribution in [3.8, 4) is 0 Å². The van der Waals surface area contributed by atoms with Gasteiger partial charge in [0, 0.05) is 23.4 Å². The zero-order valence-electron chi connectivity index (χ0n) is 17.7. The standard InChI is InChI=1S/C23H24N4O4S/c1-31-23(30)19-18(26-21(29)15-5-3-2-4-6-15)17-8-7-16(25-22(17)32-19)13-27-11-9-14(10-12-27)20(24)28/h2-8,14H,9-13H2,1H3,(H2,24,28)(H,26,29). The molecule has 0 spiro atoms. The molecule has 1 aliphatic heterocycles. The molecule has 166 valence electrons. The van der Waals surface area contributed by atoms with Crippen LogP contribution in [-0.2, 0) is 16.1 Å². The fraction of sp³-hybridized carbons (Fsp3) is 0.304. The Kier molecular flexibility index (Phi) is 6.48. The van der Waals surface area contributed by atoms with E-state index in [1.165, 1.54) is 18.4 Å². The fourth-order valence-corrected chi connectivity index (χ4v) is 4.91. The number of methoxy groups -OCH3 is 1. The first-order valence-corrected chi connectivity index (χ1v) is 11.2. The highest BCUT2D eigenvalue weighted by Gasteiger charge is 2.25. The van der Waals surface area contributed by atoms with E-state index in [0.717, 1.165) is 31.6 Å². The van der Waals surface area contributed by atoms with E-state index in [9.17, 15) is 14.4 Å². The van der Waals surface area contributed by atoms with Crippen LogP contribution in [-0.4, -0.2) is 47.9 Å². The lowest BCUT2D eigenvalue weighted by molar-refractivity contribution is -0.123. The van der Waals surface area contributed by atoms with Crippen LogP contribution in [0.3, 0.4) is 0 Å². The lowest BCUT2D eigenvalue weighted by atomic mass is 9.96. The van der Waals surface area contributed by atoms with Gasteiger partial charge in [0.15, 0.2) is 0 Å². The van der Waals surface area contributed by atoms with Gasteiger partial charge in [-0.3, -0.25) is 14.5 Å². The predicted octanol–water partition coefficient (Wildman–Crippen LogP) is 3.03. The van der Waals surface area contributed by atoms with Crippen molar-refractivity contribution in [2.24, 2.45) is 11.7 Å². The van der Waals surface area contributed by atoms with E-state index in [2.05, 4.69) is 10.2 Å². The van der Waals surface area contributed by atoms with Crippen LogP contribution in [0.5, 0.6) is 0 Å². The molecule has 0 radical (unpaired) electrons. The number of primary amides is 1. The van der Waals surface area contributed by atoms with Crippen molar-refractivity contribution in [2.45, 2.75) is 19.4 Å². The third-order valence-electron chi connectivity index (χ3n) is 5.63. The number of aromatic nitrogens is 1. The largest absolute Gasteiger partial charge is 0.465 e. The number of rotatable bonds is 6. The predicted molar refractivity (Wildman–Crippen MR) is 123 cm³/mol. The molecule has 1 fully saturated rings. The van der Waals surface area contributed by atoms with Crippen molar-refractivity contribution in [2.75, 3.05) is 25.5 Å². The number of benzene rings is 1. The number of carbonyl (C=O) groups is 3. The Hall–Kier alpha value is -3.30. The molecule has 0 atom stereocenters. The first-order chi connectivity index (χ1) is 15.5. The van der Waals surface area contributed by atoms with Crippen molar-refractivity contribution in [1.29, 1.82) is 0 Å². The second-order valence-corrected chi connectivity index (χ2v) is 8.73. The van der Waals surface area contributed by atoms with Crippen molar-refractivity contribution in [3.63, 3.8) is 0 Å². The average molecular weight is 453 g/mol. The maximum Gasteiger partial charge on any atom is 0.350 e. The molecule has 3 heterocycles. The molecule has 0 saturated carbocycles. The molecule has 3 aromatic rings. The van der Waals surface area contributed by atoms with E-state index in [0.29, 0.717) is 32.9 Å². The van der Waals surface area contributed by atoms with Gasteiger partial charge in [0.2, 0.25) is 5.91 Å². The number of carbonyl (C=O) groups excluding carboxylic acids is 3. The summed E-state index contributed by atoms with van der Waals surface area (Å²) in [6.45, 7) is 2.20. The Morgan fingerprint density at radius 1 is 1.16 bits per heavy atom. The number of hydrogen-bond acceptors (Lipinski definition) is 7. The number of piperidine rings is 1. The second kappa shape index (κ2) is 9.46. The van der Waals surface area contributed by atoms with Crippen LogP contribution in [0.15, 0.2) is 42.5 Å². The number of fused-ring (bicyclic) bond motifs is 1. The Morgan fingerprint density at radius 3 is 2.53 bits per heavy atom. The summed E-state index contributed by atoms with van der Waals surface area (Å²) in [4.78, 5) is 44.4. The monoisotopic (exact) mass is 452 g/mol. The summed E-state index contributed by atoms with van der Waals surface area (Å²) >= 11 is 1.19. The highest BCUT2D eigenvalue weighted by atomic mass is 32.1. The van der Waals surface area contributed by atoms with Crippen LogP contribution in [0.2, 0.25) is 0 Å². The lowest BCUT2D eigenvalue weighted by Crippen LogP contribution is -2.38. The summed E-state index contributed by atoms with van der Waals surface area (Å²) in [5.74, 6) is -1.12. The molecule has 1 aromatic carbocycles. The molecule has 0 unspecified atom stereocenters. The van der Waals surface area contributed by atoms with E-state index in [1.807, 2.05) is 18.2 Å². The highest BCUT2D eigenvalue weighted by molar-refractivity contribution is 7.21. The van der Waals surface area contributed by atoms with Gasteiger partial charge in [-0.15, -0.1) is 11.3 Å². The maximum absolute atomic E-state index is 12.7. The number of esters is 1. The molecule has 4 rings (SSSR count). The third kappa shape index (κ3) is 4.63. The number of hydrogen-bond donors (Lipinski definition) is 2. The van der Waals surface area contributed by atoms with E-state index >= 15 is 0 Å². The molecule has 3 N–H and O–H groups in total. The topological polar surface area (TPSA) is 115 Å². The third-order valence-corrected chi connectivity index (χ3v) is 6.71. The summed E-state index contributed by atoms with van der Waals surface area (Å²) in [5.41, 5.74) is 7.17. The van der Waals surface area contributed by atoms with Gasteiger partial charge in [0.05, 0.1) is 18.5 Å². The molecule has 9 heteroatoms. The van der Waals surface area contributed by atoms with Gasteiger partial charge in [-0.1, -0.05) is 18.2 Å². The fourth-order valence-electron chi connectivity index (χ4n) is 3.85. The number of thiophene rings is 1. The molecular formula is C23H24N4O4S. The average Bonchev–Trinajstić information content (AvgIpc) is 3.17. The van der Waals surface area contributed by atoms with E-state index in [-0.39, 0.29) is 17.7 Å². The number of anilines is 1. The quantitative estimate of drug-likeness (QED) is 0.556. The Morgan fingerprint density at radius 2 is 1.88 bits per heavy atom. The van der Waals surface area contributed by atoms with Crippen LogP contribution < -0.4 is 11.1 Å². The zero-order valence-corrected chi connectivity index (χ0v) is 18.5. The first-order valence-electron chi connectivity index (χ1n) is 10.3. The molecule has 2 amide bonds. The first kappa shape index (κ1) is 21.9. The van der Waals surface area contributed by atoms with E-state index in [1.54, 1.807) is 24.3 Å². The Balaban J connectivity index is 1.58. The molecular weight excluding hydrogens is 428 g/mol. The van der Waals surface area contributed by atoms with E-state index in [4.69, 9.17) is 15.5 Å². The summed E-state index contributed by atoms with van der Waals surface area (Å²) in [6, 6.07) is 12.6. The van der Waals surface area contributed by atoms with Gasteiger partial charge in [-0.2, -0.15) is 0 Å². The van der Waals surface area contributed by atoms with Gasteiger partial charge in [0.25, 0.3) is 5.91 Å². The van der Waals surface area contributed by atoms with Crippen LogP contribution in [0, 0.1) is 5.92 Å². The summed E-state index contributed by atoms with van der Waals surface area (Å²) in [7, 11) is 1.31. The molecule has 8 nitrogen and oxygen atoms in total. The number of nitrogens with zero attached hydrogens (tertiary/aromatic N) is 2. The van der Waals surface area contributed by atoms with Gasteiger partial charge in [-0.25, -0.2) is 9.78 Å². The minimum absolute atomic E-state index is 0.0580. The number of nitrogens with two attached hydrogens (primary N) is 1. The van der Waals surface area contributed by atoms with Gasteiger partial charge in [0.1, 0.15) is 9.71 Å². The van der Waals surface area contributed by atoms with Gasteiger partial charge < -0.3 is 15.8 Å². The molecule has 2 aromatic heterocycles. The number of nitrogens with one attached hydrogen (secondary N) is 1. The summed E-state index contributed by atoms with van der Waals surface area (Å²) < 4.78 is 4.92. The van der Waals surface area contributed by atoms with Crippen LogP contribution in [0.25, 0.3) is 10.2 Å². The Bertz CT molecular complexity index is 1150.